The SMILES string of the molecule is CCCOC(=O)c1[nH]c(CCN)c(-c2ccc(CO)c(CO)c2CO)c1Br. The van der Waals surface area contributed by atoms with E-state index in [2.05, 4.69) is 20.9 Å². The van der Waals surface area contributed by atoms with E-state index in [1.807, 2.05) is 6.92 Å². The Morgan fingerprint density at radius 1 is 1.19 bits per heavy atom. The fourth-order valence-corrected chi connectivity index (χ4v) is 3.76. The van der Waals surface area contributed by atoms with Crippen LogP contribution in [0.2, 0.25) is 0 Å². The molecule has 0 spiro atoms. The number of esters is 1. The molecule has 148 valence electrons. The number of benzene rings is 1. The molecule has 0 unspecified atom stereocenters. The summed E-state index contributed by atoms with van der Waals surface area (Å²) in [7, 11) is 0. The molecule has 0 saturated heterocycles. The van der Waals surface area contributed by atoms with E-state index < -0.39 is 5.97 Å². The van der Waals surface area contributed by atoms with Crippen LogP contribution in [0.1, 0.15) is 46.2 Å². The summed E-state index contributed by atoms with van der Waals surface area (Å²) in [5.74, 6) is -0.479. The predicted octanol–water partition coefficient (Wildman–Crippen LogP) is 1.99. The van der Waals surface area contributed by atoms with Gasteiger partial charge in [0.05, 0.1) is 30.9 Å². The Labute approximate surface area is 166 Å². The normalized spacial score (nSPS) is 11.0. The topological polar surface area (TPSA) is 129 Å². The Balaban J connectivity index is 2.67. The lowest BCUT2D eigenvalue weighted by molar-refractivity contribution is 0.0497. The zero-order valence-electron chi connectivity index (χ0n) is 15.2. The van der Waals surface area contributed by atoms with Gasteiger partial charge in [-0.25, -0.2) is 4.79 Å². The first-order valence-corrected chi connectivity index (χ1v) is 9.57. The van der Waals surface area contributed by atoms with E-state index in [-0.39, 0.29) is 25.5 Å². The number of rotatable bonds is 9. The van der Waals surface area contributed by atoms with Gasteiger partial charge in [-0.05, 0) is 51.1 Å². The van der Waals surface area contributed by atoms with Gasteiger partial charge in [0.25, 0.3) is 0 Å². The van der Waals surface area contributed by atoms with E-state index in [4.69, 9.17) is 10.5 Å². The largest absolute Gasteiger partial charge is 0.461 e. The molecule has 0 fully saturated rings. The molecule has 8 heteroatoms. The van der Waals surface area contributed by atoms with E-state index >= 15 is 0 Å². The van der Waals surface area contributed by atoms with Crippen molar-refractivity contribution in [1.29, 1.82) is 0 Å². The van der Waals surface area contributed by atoms with Crippen molar-refractivity contribution in [2.75, 3.05) is 13.2 Å². The Kier molecular flexibility index (Phi) is 8.00. The number of aliphatic hydroxyl groups is 3. The monoisotopic (exact) mass is 440 g/mol. The van der Waals surface area contributed by atoms with E-state index in [0.29, 0.717) is 58.3 Å². The van der Waals surface area contributed by atoms with Gasteiger partial charge < -0.3 is 30.8 Å². The zero-order valence-corrected chi connectivity index (χ0v) is 16.8. The molecule has 0 atom stereocenters. The van der Waals surface area contributed by atoms with Crippen molar-refractivity contribution in [3.63, 3.8) is 0 Å². The smallest absolute Gasteiger partial charge is 0.355 e. The van der Waals surface area contributed by atoms with Gasteiger partial charge in [0.15, 0.2) is 0 Å². The highest BCUT2D eigenvalue weighted by atomic mass is 79.9. The minimum atomic E-state index is -0.479. The summed E-state index contributed by atoms with van der Waals surface area (Å²) in [6, 6.07) is 3.45. The zero-order chi connectivity index (χ0) is 20.0. The number of hydrogen-bond acceptors (Lipinski definition) is 6. The van der Waals surface area contributed by atoms with Gasteiger partial charge in [-0.3, -0.25) is 0 Å². The van der Waals surface area contributed by atoms with Crippen molar-refractivity contribution in [2.24, 2.45) is 5.73 Å². The molecule has 7 nitrogen and oxygen atoms in total. The van der Waals surface area contributed by atoms with E-state index in [1.165, 1.54) is 0 Å². The molecular formula is C19H25BrN2O5. The highest BCUT2D eigenvalue weighted by molar-refractivity contribution is 9.10. The van der Waals surface area contributed by atoms with Crippen molar-refractivity contribution in [1.82, 2.24) is 4.98 Å². The average Bonchev–Trinajstić information content (AvgIpc) is 3.00. The molecule has 6 N–H and O–H groups in total. The van der Waals surface area contributed by atoms with Crippen molar-refractivity contribution < 1.29 is 24.9 Å². The molecule has 0 radical (unpaired) electrons. The van der Waals surface area contributed by atoms with Crippen LogP contribution in [-0.2, 0) is 31.0 Å². The van der Waals surface area contributed by atoms with Gasteiger partial charge in [0.2, 0.25) is 0 Å². The lowest BCUT2D eigenvalue weighted by atomic mass is 9.92. The van der Waals surface area contributed by atoms with Gasteiger partial charge in [0.1, 0.15) is 5.69 Å². The minimum absolute atomic E-state index is 0.248. The summed E-state index contributed by atoms with van der Waals surface area (Å²) < 4.78 is 5.74. The second-order valence-electron chi connectivity index (χ2n) is 6.05. The second-order valence-corrected chi connectivity index (χ2v) is 6.84. The van der Waals surface area contributed by atoms with E-state index in [0.717, 1.165) is 5.69 Å². The average molecular weight is 441 g/mol. The number of halogens is 1. The van der Waals surface area contributed by atoms with Crippen LogP contribution in [-0.4, -0.2) is 39.4 Å². The summed E-state index contributed by atoms with van der Waals surface area (Å²) in [5.41, 5.74) is 9.58. The summed E-state index contributed by atoms with van der Waals surface area (Å²) in [6.45, 7) is 1.69. The lowest BCUT2D eigenvalue weighted by Crippen LogP contribution is -2.08. The van der Waals surface area contributed by atoms with E-state index in [1.54, 1.807) is 12.1 Å². The lowest BCUT2D eigenvalue weighted by Gasteiger charge is -2.16. The molecule has 1 aromatic heterocycles. The first-order valence-electron chi connectivity index (χ1n) is 8.77. The fraction of sp³-hybridized carbons (Fsp3) is 0.421. The third kappa shape index (κ3) is 4.41. The molecule has 0 saturated carbocycles. The number of carbonyl (C=O) groups excluding carboxylic acids is 1. The van der Waals surface area contributed by atoms with Gasteiger partial charge in [-0.15, -0.1) is 0 Å². The van der Waals surface area contributed by atoms with Crippen LogP contribution in [0, 0.1) is 0 Å². The first kappa shape index (κ1) is 21.6. The molecule has 1 heterocycles. The molecule has 27 heavy (non-hydrogen) atoms. The highest BCUT2D eigenvalue weighted by Gasteiger charge is 2.25. The number of aromatic nitrogens is 1. The molecule has 2 aromatic rings. The molecule has 0 aliphatic carbocycles. The number of hydrogen-bond donors (Lipinski definition) is 5. The summed E-state index contributed by atoms with van der Waals surface area (Å²) in [4.78, 5) is 15.4. The number of carbonyl (C=O) groups is 1. The number of nitrogens with one attached hydrogen (secondary N) is 1. The van der Waals surface area contributed by atoms with Crippen LogP contribution < -0.4 is 5.73 Å². The number of H-pyrrole nitrogens is 1. The second kappa shape index (κ2) is 10.0. The maximum atomic E-state index is 12.4. The maximum Gasteiger partial charge on any atom is 0.355 e. The Morgan fingerprint density at radius 3 is 2.44 bits per heavy atom. The number of ether oxygens (including phenoxy) is 1. The Morgan fingerprint density at radius 2 is 1.89 bits per heavy atom. The maximum absolute atomic E-state index is 12.4. The molecule has 0 aliphatic heterocycles. The van der Waals surface area contributed by atoms with Crippen molar-refractivity contribution in [3.05, 3.63) is 44.7 Å². The van der Waals surface area contributed by atoms with Crippen LogP contribution in [0.3, 0.4) is 0 Å². The Hall–Kier alpha value is -1.71. The molecule has 1 aromatic carbocycles. The quantitative estimate of drug-likeness (QED) is 0.379. The Bertz CT molecular complexity index is 804. The standard InChI is InChI=1S/C19H25BrN2O5/c1-2-7-27-19(26)18-17(20)16(15(22-18)5-6-21)12-4-3-11(8-23)13(9-24)14(12)10-25/h3-4,22-25H,2,5-10,21H2,1H3. The summed E-state index contributed by atoms with van der Waals surface area (Å²) in [6.07, 6.45) is 1.19. The van der Waals surface area contributed by atoms with Crippen molar-refractivity contribution >= 4 is 21.9 Å². The predicted molar refractivity (Wildman–Crippen MR) is 105 cm³/mol. The molecular weight excluding hydrogens is 416 g/mol. The van der Waals surface area contributed by atoms with Crippen LogP contribution in [0.25, 0.3) is 11.1 Å². The first-order chi connectivity index (χ1) is 13.0. The van der Waals surface area contributed by atoms with Gasteiger partial charge in [-0.2, -0.15) is 0 Å². The van der Waals surface area contributed by atoms with Crippen LogP contribution in [0.15, 0.2) is 16.6 Å². The highest BCUT2D eigenvalue weighted by Crippen LogP contribution is 2.39. The molecule has 0 amide bonds. The molecule has 0 bridgehead atoms. The van der Waals surface area contributed by atoms with Crippen LogP contribution in [0.5, 0.6) is 0 Å². The number of nitrogens with two attached hydrogens (primary N) is 1. The van der Waals surface area contributed by atoms with Crippen LogP contribution in [0.4, 0.5) is 0 Å². The number of aromatic amines is 1. The number of aliphatic hydroxyl groups excluding tert-OH is 3. The minimum Gasteiger partial charge on any atom is -0.461 e. The van der Waals surface area contributed by atoms with Gasteiger partial charge in [-0.1, -0.05) is 19.1 Å². The summed E-state index contributed by atoms with van der Waals surface area (Å²) in [5, 5.41) is 29.1. The third-order valence-electron chi connectivity index (χ3n) is 4.34. The van der Waals surface area contributed by atoms with E-state index in [9.17, 15) is 20.1 Å². The van der Waals surface area contributed by atoms with Gasteiger partial charge in [0, 0.05) is 17.7 Å². The third-order valence-corrected chi connectivity index (χ3v) is 5.13. The van der Waals surface area contributed by atoms with Gasteiger partial charge >= 0.3 is 5.97 Å². The summed E-state index contributed by atoms with van der Waals surface area (Å²) >= 11 is 3.48. The van der Waals surface area contributed by atoms with Crippen LogP contribution >= 0.6 is 15.9 Å². The molecule has 0 aliphatic rings. The van der Waals surface area contributed by atoms with Crippen molar-refractivity contribution in [2.45, 2.75) is 39.6 Å². The fourth-order valence-electron chi connectivity index (χ4n) is 3.05. The molecule has 2 rings (SSSR count). The van der Waals surface area contributed by atoms with Crippen molar-refractivity contribution in [3.8, 4) is 11.1 Å².